The molecule has 3 heteroatoms. The first-order chi connectivity index (χ1) is 14.0. The highest BCUT2D eigenvalue weighted by Gasteiger charge is 2.47. The number of rotatable bonds is 0. The SMILES string of the molecule is BC12c3cc(C(C)(C)C)ccc3Oc3cccc(c31)Oc1ccc(C(C)(C)C)cc12. The fourth-order valence-corrected chi connectivity index (χ4v) is 4.78. The Balaban J connectivity index is 1.85. The fraction of sp³-hybridized carbons (Fsp3) is 0.333. The molecule has 5 rings (SSSR count). The minimum Gasteiger partial charge on any atom is -0.457 e. The highest BCUT2D eigenvalue weighted by atomic mass is 16.5. The van der Waals surface area contributed by atoms with Gasteiger partial charge < -0.3 is 9.47 Å². The molecule has 3 aromatic carbocycles. The third-order valence-electron chi connectivity index (χ3n) is 6.70. The van der Waals surface area contributed by atoms with Crippen LogP contribution in [0.4, 0.5) is 0 Å². The van der Waals surface area contributed by atoms with Crippen LogP contribution in [0.5, 0.6) is 23.0 Å². The van der Waals surface area contributed by atoms with E-state index in [-0.39, 0.29) is 16.1 Å². The highest BCUT2D eigenvalue weighted by molar-refractivity contribution is 6.22. The molecule has 0 saturated carbocycles. The minimum absolute atomic E-state index is 0.0619. The number of benzene rings is 3. The second kappa shape index (κ2) is 5.94. The van der Waals surface area contributed by atoms with E-state index in [1.54, 1.807) is 0 Å². The summed E-state index contributed by atoms with van der Waals surface area (Å²) in [4.78, 5) is 0. The van der Waals surface area contributed by atoms with Gasteiger partial charge in [0.2, 0.25) is 0 Å². The Morgan fingerprint density at radius 1 is 0.633 bits per heavy atom. The van der Waals surface area contributed by atoms with Crippen LogP contribution in [0.15, 0.2) is 54.6 Å². The first kappa shape index (κ1) is 19.3. The second-order valence-electron chi connectivity index (χ2n) is 10.9. The highest BCUT2D eigenvalue weighted by Crippen LogP contribution is 2.59. The zero-order valence-corrected chi connectivity index (χ0v) is 19.0. The topological polar surface area (TPSA) is 18.5 Å². The number of ether oxygens (including phenoxy) is 2. The van der Waals surface area contributed by atoms with Gasteiger partial charge in [0.1, 0.15) is 30.8 Å². The van der Waals surface area contributed by atoms with E-state index >= 15 is 0 Å². The third-order valence-corrected chi connectivity index (χ3v) is 6.70. The van der Waals surface area contributed by atoms with Crippen molar-refractivity contribution in [3.05, 3.63) is 82.4 Å². The summed E-state index contributed by atoms with van der Waals surface area (Å²) in [7, 11) is 2.33. The lowest BCUT2D eigenvalue weighted by atomic mass is 9.53. The molecule has 0 spiro atoms. The van der Waals surface area contributed by atoms with Crippen LogP contribution in [-0.4, -0.2) is 7.85 Å². The van der Waals surface area contributed by atoms with Crippen LogP contribution in [0, 0.1) is 0 Å². The Kier molecular flexibility index (Phi) is 3.82. The Labute approximate surface area is 180 Å². The minimum atomic E-state index is -0.338. The lowest BCUT2D eigenvalue weighted by molar-refractivity contribution is 0.398. The summed E-state index contributed by atoms with van der Waals surface area (Å²) in [6.07, 6.45) is 0. The van der Waals surface area contributed by atoms with Gasteiger partial charge in [-0.2, -0.15) is 0 Å². The largest absolute Gasteiger partial charge is 0.457 e. The summed E-state index contributed by atoms with van der Waals surface area (Å²) in [6, 6.07) is 19.5. The van der Waals surface area contributed by atoms with E-state index in [2.05, 4.69) is 97.9 Å². The second-order valence-corrected chi connectivity index (χ2v) is 10.9. The smallest absolute Gasteiger partial charge is 0.134 e. The van der Waals surface area contributed by atoms with E-state index in [4.69, 9.17) is 9.47 Å². The number of hydrogen-bond donors (Lipinski definition) is 0. The zero-order chi connectivity index (χ0) is 21.5. The van der Waals surface area contributed by atoms with Crippen molar-refractivity contribution in [3.8, 4) is 23.0 Å². The standard InChI is InChI=1S/C27H29BO2/c1-25(2,3)16-10-12-20-18(14-16)27(28)19-15-17(26(4,5)6)11-13-21(19)30-23-9-7-8-22(29-20)24(23)27/h7-15H,28H2,1-6H3. The summed E-state index contributed by atoms with van der Waals surface area (Å²) in [5.74, 6) is 3.64. The molecule has 0 bridgehead atoms. The predicted molar refractivity (Wildman–Crippen MR) is 125 cm³/mol. The Hall–Kier alpha value is -2.68. The van der Waals surface area contributed by atoms with E-state index < -0.39 is 0 Å². The van der Waals surface area contributed by atoms with Gasteiger partial charge in [0.25, 0.3) is 0 Å². The van der Waals surface area contributed by atoms with Gasteiger partial charge in [-0.05, 0) is 46.2 Å². The van der Waals surface area contributed by atoms with Gasteiger partial charge in [-0.15, -0.1) is 0 Å². The molecule has 3 aromatic rings. The molecule has 0 radical (unpaired) electrons. The van der Waals surface area contributed by atoms with Crippen molar-refractivity contribution in [1.82, 2.24) is 0 Å². The summed E-state index contributed by atoms with van der Waals surface area (Å²) in [5, 5.41) is -0.338. The van der Waals surface area contributed by atoms with Crippen LogP contribution >= 0.6 is 0 Å². The van der Waals surface area contributed by atoms with Crippen molar-refractivity contribution in [3.63, 3.8) is 0 Å². The monoisotopic (exact) mass is 396 g/mol. The lowest BCUT2D eigenvalue weighted by Gasteiger charge is -2.43. The fourth-order valence-electron chi connectivity index (χ4n) is 4.78. The molecular weight excluding hydrogens is 367 g/mol. The first-order valence-electron chi connectivity index (χ1n) is 10.8. The molecule has 0 unspecified atom stereocenters. The normalized spacial score (nSPS) is 15.9. The Morgan fingerprint density at radius 2 is 1.07 bits per heavy atom. The summed E-state index contributed by atoms with van der Waals surface area (Å²) in [6.45, 7) is 13.6. The lowest BCUT2D eigenvalue weighted by Crippen LogP contribution is -2.37. The molecule has 0 N–H and O–H groups in total. The zero-order valence-electron chi connectivity index (χ0n) is 19.0. The quantitative estimate of drug-likeness (QED) is 0.409. The van der Waals surface area contributed by atoms with Crippen LogP contribution in [-0.2, 0) is 16.1 Å². The maximum atomic E-state index is 6.39. The Morgan fingerprint density at radius 3 is 1.47 bits per heavy atom. The Bertz CT molecular complexity index is 1090. The van der Waals surface area contributed by atoms with E-state index in [1.165, 1.54) is 22.3 Å². The molecular formula is C27H29BO2. The van der Waals surface area contributed by atoms with E-state index in [1.807, 2.05) is 6.07 Å². The van der Waals surface area contributed by atoms with Crippen molar-refractivity contribution in [2.24, 2.45) is 0 Å². The van der Waals surface area contributed by atoms with Crippen molar-refractivity contribution in [2.45, 2.75) is 57.7 Å². The molecule has 0 aliphatic carbocycles. The molecule has 0 fully saturated rings. The van der Waals surface area contributed by atoms with Crippen LogP contribution in [0.3, 0.4) is 0 Å². The average molecular weight is 396 g/mol. The maximum Gasteiger partial charge on any atom is 0.134 e. The van der Waals surface area contributed by atoms with E-state index in [0.29, 0.717) is 0 Å². The summed E-state index contributed by atoms with van der Waals surface area (Å²) < 4.78 is 12.8. The molecule has 2 heterocycles. The molecule has 2 aliphatic heterocycles. The van der Waals surface area contributed by atoms with Gasteiger partial charge in [0.15, 0.2) is 0 Å². The predicted octanol–water partition coefficient (Wildman–Crippen LogP) is 6.42. The molecule has 30 heavy (non-hydrogen) atoms. The molecule has 0 saturated heterocycles. The number of hydrogen-bond acceptors (Lipinski definition) is 2. The first-order valence-corrected chi connectivity index (χ1v) is 10.8. The molecule has 2 nitrogen and oxygen atoms in total. The number of fused-ring (bicyclic) bond motifs is 4. The van der Waals surface area contributed by atoms with Gasteiger partial charge in [0, 0.05) is 22.0 Å². The summed E-state index contributed by atoms with van der Waals surface area (Å²) in [5.41, 5.74) is 6.30. The van der Waals surface area contributed by atoms with E-state index in [9.17, 15) is 0 Å². The van der Waals surface area contributed by atoms with Gasteiger partial charge in [-0.1, -0.05) is 71.9 Å². The van der Waals surface area contributed by atoms with Crippen molar-refractivity contribution < 1.29 is 9.47 Å². The molecule has 2 aliphatic rings. The van der Waals surface area contributed by atoms with Crippen LogP contribution in [0.2, 0.25) is 0 Å². The molecule has 0 atom stereocenters. The average Bonchev–Trinajstić information content (AvgIpc) is 2.66. The van der Waals surface area contributed by atoms with Crippen LogP contribution in [0.1, 0.15) is 69.4 Å². The van der Waals surface area contributed by atoms with Crippen molar-refractivity contribution >= 4 is 7.85 Å². The maximum absolute atomic E-state index is 6.39. The van der Waals surface area contributed by atoms with Crippen molar-refractivity contribution in [2.75, 3.05) is 0 Å². The van der Waals surface area contributed by atoms with Gasteiger partial charge in [-0.25, -0.2) is 0 Å². The van der Waals surface area contributed by atoms with Gasteiger partial charge >= 0.3 is 0 Å². The molecule has 152 valence electrons. The molecule has 0 amide bonds. The van der Waals surface area contributed by atoms with Crippen LogP contribution in [0.25, 0.3) is 0 Å². The summed E-state index contributed by atoms with van der Waals surface area (Å²) >= 11 is 0. The van der Waals surface area contributed by atoms with Crippen LogP contribution < -0.4 is 9.47 Å². The molecule has 0 aromatic heterocycles. The van der Waals surface area contributed by atoms with Crippen molar-refractivity contribution in [1.29, 1.82) is 0 Å². The van der Waals surface area contributed by atoms with E-state index in [0.717, 1.165) is 28.6 Å². The van der Waals surface area contributed by atoms with Gasteiger partial charge in [-0.3, -0.25) is 0 Å². The third kappa shape index (κ3) is 2.64. The van der Waals surface area contributed by atoms with Gasteiger partial charge in [0.05, 0.1) is 0 Å².